The molecule has 0 aliphatic rings. The van der Waals surface area contributed by atoms with Crippen LogP contribution in [0.5, 0.6) is 11.5 Å². The van der Waals surface area contributed by atoms with Gasteiger partial charge in [-0.3, -0.25) is 4.98 Å². The van der Waals surface area contributed by atoms with Crippen LogP contribution >= 0.6 is 15.9 Å². The number of halogens is 1. The van der Waals surface area contributed by atoms with Gasteiger partial charge in [0, 0.05) is 35.5 Å². The Hall–Kier alpha value is -3.39. The smallest absolute Gasteiger partial charge is 0.208 e. The normalized spacial score (nSPS) is 11.1. The first-order chi connectivity index (χ1) is 14.1. The molecule has 1 N–H and O–H groups in total. The molecule has 0 radical (unpaired) electrons. The van der Waals surface area contributed by atoms with Gasteiger partial charge >= 0.3 is 0 Å². The van der Waals surface area contributed by atoms with E-state index in [2.05, 4.69) is 36.2 Å². The highest BCUT2D eigenvalue weighted by atomic mass is 79.9. The molecule has 0 bridgehead atoms. The number of imidazole rings is 1. The molecule has 0 fully saturated rings. The lowest BCUT2D eigenvalue weighted by atomic mass is 10.3. The Balaban J connectivity index is 1.58. The van der Waals surface area contributed by atoms with E-state index in [1.165, 1.54) is 13.3 Å². The molecule has 0 unspecified atom stereocenters. The summed E-state index contributed by atoms with van der Waals surface area (Å²) in [5, 5.41) is 7.06. The van der Waals surface area contributed by atoms with Crippen molar-refractivity contribution in [3.05, 3.63) is 71.0 Å². The van der Waals surface area contributed by atoms with Gasteiger partial charge < -0.3 is 19.5 Å². The van der Waals surface area contributed by atoms with Crippen LogP contribution in [0.1, 0.15) is 5.69 Å². The molecule has 0 aliphatic carbocycles. The molecule has 146 valence electrons. The second-order valence-electron chi connectivity index (χ2n) is 6.21. The highest BCUT2D eigenvalue weighted by molar-refractivity contribution is 9.10. The van der Waals surface area contributed by atoms with Crippen LogP contribution in [0.15, 0.2) is 70.4 Å². The van der Waals surface area contributed by atoms with Crippen LogP contribution in [-0.2, 0) is 11.9 Å². The van der Waals surface area contributed by atoms with Gasteiger partial charge in [-0.05, 0) is 42.5 Å². The molecule has 2 aromatic heterocycles. The Labute approximate surface area is 176 Å². The topological polar surface area (TPSA) is 73.6 Å². The van der Waals surface area contributed by atoms with E-state index in [1.54, 1.807) is 18.3 Å². The second-order valence-corrected chi connectivity index (χ2v) is 7.13. The lowest BCUT2D eigenvalue weighted by Crippen LogP contribution is -1.98. The van der Waals surface area contributed by atoms with Crippen LogP contribution in [-0.4, -0.2) is 27.9 Å². The van der Waals surface area contributed by atoms with Crippen molar-refractivity contribution in [2.45, 2.75) is 0 Å². The number of anilines is 2. The monoisotopic (exact) mass is 451 g/mol. The Bertz CT molecular complexity index is 1170. The van der Waals surface area contributed by atoms with Crippen molar-refractivity contribution in [3.63, 3.8) is 0 Å². The number of hydrogen-bond acceptors (Lipinski definition) is 6. The van der Waals surface area contributed by atoms with E-state index in [1.807, 2.05) is 54.1 Å². The quantitative estimate of drug-likeness (QED) is 0.320. The third kappa shape index (κ3) is 4.38. The van der Waals surface area contributed by atoms with Gasteiger partial charge in [-0.2, -0.15) is 0 Å². The zero-order valence-corrected chi connectivity index (χ0v) is 17.4. The number of aryl methyl sites for hydroxylation is 1. The summed E-state index contributed by atoms with van der Waals surface area (Å²) in [7, 11) is 3.46. The standard InChI is InChI=1S/C21H18BrN5O2/c1-27-20-8-7-17(29-18-9-10-23-16(11-18)13-24-28-2)12-19(20)26-21(27)25-15-5-3-14(22)4-6-15/h3-13H,1-2H3,(H,25,26)/b24-13-. The molecule has 2 heterocycles. The summed E-state index contributed by atoms with van der Waals surface area (Å²) >= 11 is 3.45. The first-order valence-electron chi connectivity index (χ1n) is 8.82. The van der Waals surface area contributed by atoms with E-state index < -0.39 is 0 Å². The SMILES string of the molecule is CO/N=C\c1cc(Oc2ccc3c(c2)nc(Nc2ccc(Br)cc2)n3C)ccn1. The number of ether oxygens (including phenoxy) is 1. The summed E-state index contributed by atoms with van der Waals surface area (Å²) in [6, 6.07) is 17.3. The van der Waals surface area contributed by atoms with Crippen LogP contribution in [0.25, 0.3) is 11.0 Å². The molecule has 7 nitrogen and oxygen atoms in total. The van der Waals surface area contributed by atoms with Crippen molar-refractivity contribution < 1.29 is 9.57 Å². The highest BCUT2D eigenvalue weighted by Gasteiger charge is 2.10. The minimum Gasteiger partial charge on any atom is -0.457 e. The van der Waals surface area contributed by atoms with Gasteiger partial charge in [0.1, 0.15) is 18.6 Å². The zero-order chi connectivity index (χ0) is 20.2. The Morgan fingerprint density at radius 1 is 1.07 bits per heavy atom. The molecule has 0 atom stereocenters. The van der Waals surface area contributed by atoms with Gasteiger partial charge in [-0.25, -0.2) is 4.98 Å². The summed E-state index contributed by atoms with van der Waals surface area (Å²) in [5.74, 6) is 2.09. The van der Waals surface area contributed by atoms with Gasteiger partial charge in [0.25, 0.3) is 0 Å². The molecule has 0 saturated carbocycles. The second kappa shape index (κ2) is 8.32. The van der Waals surface area contributed by atoms with Crippen LogP contribution in [0.4, 0.5) is 11.6 Å². The van der Waals surface area contributed by atoms with Crippen molar-refractivity contribution in [1.82, 2.24) is 14.5 Å². The molecule has 0 aliphatic heterocycles. The van der Waals surface area contributed by atoms with Gasteiger partial charge in [-0.15, -0.1) is 0 Å². The van der Waals surface area contributed by atoms with Crippen molar-refractivity contribution >= 4 is 44.8 Å². The number of pyridine rings is 1. The molecule has 4 aromatic rings. The summed E-state index contributed by atoms with van der Waals surface area (Å²) in [6.45, 7) is 0. The fraction of sp³-hybridized carbons (Fsp3) is 0.0952. The summed E-state index contributed by atoms with van der Waals surface area (Å²) < 4.78 is 9.01. The number of fused-ring (bicyclic) bond motifs is 1. The van der Waals surface area contributed by atoms with Crippen molar-refractivity contribution in [1.29, 1.82) is 0 Å². The van der Waals surface area contributed by atoms with Crippen molar-refractivity contribution in [3.8, 4) is 11.5 Å². The third-order valence-electron chi connectivity index (χ3n) is 4.23. The summed E-state index contributed by atoms with van der Waals surface area (Å²) in [6.07, 6.45) is 3.18. The number of nitrogens with zero attached hydrogens (tertiary/aromatic N) is 4. The maximum Gasteiger partial charge on any atom is 0.208 e. The van der Waals surface area contributed by atoms with Crippen LogP contribution in [0, 0.1) is 0 Å². The fourth-order valence-electron chi connectivity index (χ4n) is 2.82. The summed E-state index contributed by atoms with van der Waals surface area (Å²) in [4.78, 5) is 13.6. The zero-order valence-electron chi connectivity index (χ0n) is 15.8. The largest absolute Gasteiger partial charge is 0.457 e. The number of rotatable bonds is 6. The van der Waals surface area contributed by atoms with Gasteiger partial charge in [0.05, 0.1) is 22.9 Å². The number of nitrogens with one attached hydrogen (secondary N) is 1. The molecule has 29 heavy (non-hydrogen) atoms. The average molecular weight is 452 g/mol. The van der Waals surface area contributed by atoms with Crippen molar-refractivity contribution in [2.24, 2.45) is 12.2 Å². The maximum absolute atomic E-state index is 5.97. The molecule has 4 rings (SSSR count). The Morgan fingerprint density at radius 3 is 2.66 bits per heavy atom. The predicted octanol–water partition coefficient (Wildman–Crippen LogP) is 5.25. The number of benzene rings is 2. The third-order valence-corrected chi connectivity index (χ3v) is 4.76. The predicted molar refractivity (Wildman–Crippen MR) is 117 cm³/mol. The average Bonchev–Trinajstić information content (AvgIpc) is 3.03. The van der Waals surface area contributed by atoms with Crippen LogP contribution in [0.3, 0.4) is 0 Å². The van der Waals surface area contributed by atoms with E-state index in [-0.39, 0.29) is 0 Å². The van der Waals surface area contributed by atoms with Crippen molar-refractivity contribution in [2.75, 3.05) is 12.4 Å². The first kappa shape index (κ1) is 18.9. The van der Waals surface area contributed by atoms with Gasteiger partial charge in [-0.1, -0.05) is 21.1 Å². The van der Waals surface area contributed by atoms with Gasteiger partial charge in [0.15, 0.2) is 0 Å². The Kier molecular flexibility index (Phi) is 5.44. The lowest BCUT2D eigenvalue weighted by Gasteiger charge is -2.07. The number of aromatic nitrogens is 3. The maximum atomic E-state index is 5.97. The lowest BCUT2D eigenvalue weighted by molar-refractivity contribution is 0.215. The van der Waals surface area contributed by atoms with Crippen LogP contribution in [0.2, 0.25) is 0 Å². The number of oxime groups is 1. The molecular weight excluding hydrogens is 434 g/mol. The molecule has 2 aromatic carbocycles. The summed E-state index contributed by atoms with van der Waals surface area (Å²) in [5.41, 5.74) is 3.44. The molecule has 0 amide bonds. The fourth-order valence-corrected chi connectivity index (χ4v) is 3.09. The highest BCUT2D eigenvalue weighted by Crippen LogP contribution is 2.28. The van der Waals surface area contributed by atoms with E-state index in [0.717, 1.165) is 27.1 Å². The van der Waals surface area contributed by atoms with E-state index in [4.69, 9.17) is 9.72 Å². The number of hydrogen-bond donors (Lipinski definition) is 1. The molecule has 0 spiro atoms. The molecule has 0 saturated heterocycles. The Morgan fingerprint density at radius 2 is 1.86 bits per heavy atom. The molecular formula is C21H18BrN5O2. The minimum absolute atomic E-state index is 0.643. The van der Waals surface area contributed by atoms with E-state index in [9.17, 15) is 0 Å². The van der Waals surface area contributed by atoms with Crippen LogP contribution < -0.4 is 10.1 Å². The van der Waals surface area contributed by atoms with E-state index in [0.29, 0.717) is 17.2 Å². The first-order valence-corrected chi connectivity index (χ1v) is 9.61. The molecule has 8 heteroatoms. The van der Waals surface area contributed by atoms with E-state index >= 15 is 0 Å². The minimum atomic E-state index is 0.643. The van der Waals surface area contributed by atoms with Gasteiger partial charge in [0.2, 0.25) is 5.95 Å².